The Hall–Kier alpha value is -1.88. The number of carbonyl (C=O) groups excluding carboxylic acids is 2. The summed E-state index contributed by atoms with van der Waals surface area (Å²) in [7, 11) is 1.36. The second kappa shape index (κ2) is 7.05. The summed E-state index contributed by atoms with van der Waals surface area (Å²) in [5.41, 5.74) is 1.62. The van der Waals surface area contributed by atoms with Gasteiger partial charge in [-0.25, -0.2) is 4.79 Å². The molecule has 2 rings (SSSR count). The topological polar surface area (TPSA) is 67.4 Å². The van der Waals surface area contributed by atoms with Crippen LogP contribution in [0, 0.1) is 5.92 Å². The van der Waals surface area contributed by atoms with Crippen LogP contribution in [-0.2, 0) is 16.0 Å². The number of hydrogen-bond donors (Lipinski definition) is 2. The Balaban J connectivity index is 1.76. The van der Waals surface area contributed by atoms with Crippen molar-refractivity contribution in [3.8, 4) is 0 Å². The van der Waals surface area contributed by atoms with Crippen LogP contribution in [0.2, 0.25) is 0 Å². The number of carbonyl (C=O) groups is 2. The lowest BCUT2D eigenvalue weighted by molar-refractivity contribution is -0.124. The van der Waals surface area contributed by atoms with Crippen molar-refractivity contribution in [2.45, 2.75) is 12.8 Å². The number of hydrogen-bond acceptors (Lipinski definition) is 4. The number of amides is 1. The SMILES string of the molecule is COC(=O)c1ccc(CCNC(=O)C2CCNC2)cc1. The monoisotopic (exact) mass is 276 g/mol. The summed E-state index contributed by atoms with van der Waals surface area (Å²) in [6.45, 7) is 2.32. The van der Waals surface area contributed by atoms with Crippen LogP contribution in [0.5, 0.6) is 0 Å². The lowest BCUT2D eigenvalue weighted by Gasteiger charge is -2.10. The van der Waals surface area contributed by atoms with Gasteiger partial charge in [-0.15, -0.1) is 0 Å². The smallest absolute Gasteiger partial charge is 0.337 e. The molecule has 2 N–H and O–H groups in total. The molecule has 0 aromatic heterocycles. The van der Waals surface area contributed by atoms with Gasteiger partial charge in [-0.05, 0) is 37.1 Å². The molecule has 1 saturated heterocycles. The summed E-state index contributed by atoms with van der Waals surface area (Å²) in [6, 6.07) is 7.25. The molecule has 5 heteroatoms. The molecule has 0 radical (unpaired) electrons. The quantitative estimate of drug-likeness (QED) is 0.779. The van der Waals surface area contributed by atoms with Gasteiger partial charge in [0.25, 0.3) is 0 Å². The maximum absolute atomic E-state index is 11.8. The minimum Gasteiger partial charge on any atom is -0.465 e. The van der Waals surface area contributed by atoms with E-state index in [1.54, 1.807) is 12.1 Å². The molecule has 0 aliphatic carbocycles. The van der Waals surface area contributed by atoms with Gasteiger partial charge in [0.1, 0.15) is 0 Å². The van der Waals surface area contributed by atoms with Crippen LogP contribution in [-0.4, -0.2) is 38.6 Å². The molecule has 0 saturated carbocycles. The first-order chi connectivity index (χ1) is 9.70. The highest BCUT2D eigenvalue weighted by Gasteiger charge is 2.21. The van der Waals surface area contributed by atoms with Gasteiger partial charge in [0, 0.05) is 13.1 Å². The maximum Gasteiger partial charge on any atom is 0.337 e. The van der Waals surface area contributed by atoms with Crippen molar-refractivity contribution in [1.82, 2.24) is 10.6 Å². The van der Waals surface area contributed by atoms with Crippen molar-refractivity contribution >= 4 is 11.9 Å². The molecule has 1 aromatic carbocycles. The molecule has 1 aliphatic heterocycles. The van der Waals surface area contributed by atoms with Crippen LogP contribution in [0.1, 0.15) is 22.3 Å². The van der Waals surface area contributed by atoms with Crippen LogP contribution >= 0.6 is 0 Å². The summed E-state index contributed by atoms with van der Waals surface area (Å²) in [6.07, 6.45) is 1.67. The zero-order chi connectivity index (χ0) is 14.4. The van der Waals surface area contributed by atoms with E-state index in [2.05, 4.69) is 15.4 Å². The Morgan fingerprint density at radius 3 is 2.70 bits per heavy atom. The Morgan fingerprint density at radius 2 is 2.10 bits per heavy atom. The summed E-state index contributed by atoms with van der Waals surface area (Å²) >= 11 is 0. The molecule has 20 heavy (non-hydrogen) atoms. The molecule has 108 valence electrons. The molecule has 1 fully saturated rings. The first-order valence-electron chi connectivity index (χ1n) is 6.86. The van der Waals surface area contributed by atoms with Gasteiger partial charge in [-0.2, -0.15) is 0 Å². The molecular weight excluding hydrogens is 256 g/mol. The van der Waals surface area contributed by atoms with E-state index in [0.717, 1.165) is 31.5 Å². The third-order valence-electron chi connectivity index (χ3n) is 3.52. The predicted octanol–water partition coefficient (Wildman–Crippen LogP) is 0.741. The van der Waals surface area contributed by atoms with Gasteiger partial charge in [-0.1, -0.05) is 12.1 Å². The number of ether oxygens (including phenoxy) is 1. The summed E-state index contributed by atoms with van der Waals surface area (Å²) in [4.78, 5) is 23.1. The van der Waals surface area contributed by atoms with Crippen molar-refractivity contribution in [2.75, 3.05) is 26.7 Å². The molecule has 1 heterocycles. The number of nitrogens with one attached hydrogen (secondary N) is 2. The molecule has 0 bridgehead atoms. The zero-order valence-corrected chi connectivity index (χ0v) is 11.6. The molecule has 1 aromatic rings. The Bertz CT molecular complexity index is 465. The first-order valence-corrected chi connectivity index (χ1v) is 6.86. The van der Waals surface area contributed by atoms with Gasteiger partial charge in [0.15, 0.2) is 0 Å². The molecule has 1 unspecified atom stereocenters. The minimum atomic E-state index is -0.335. The second-order valence-electron chi connectivity index (χ2n) is 4.92. The molecule has 1 amide bonds. The van der Waals surface area contributed by atoms with Crippen molar-refractivity contribution in [2.24, 2.45) is 5.92 Å². The summed E-state index contributed by atoms with van der Waals surface area (Å²) in [5.74, 6) is -0.100. The molecule has 1 aliphatic rings. The van der Waals surface area contributed by atoms with Crippen LogP contribution in [0.3, 0.4) is 0 Å². The Kier molecular flexibility index (Phi) is 5.12. The molecule has 0 spiro atoms. The summed E-state index contributed by atoms with van der Waals surface area (Å²) in [5, 5.41) is 6.13. The average molecular weight is 276 g/mol. The molecular formula is C15H20N2O3. The van der Waals surface area contributed by atoms with Crippen molar-refractivity contribution < 1.29 is 14.3 Å². The fourth-order valence-electron chi connectivity index (χ4n) is 2.28. The first kappa shape index (κ1) is 14.5. The van der Waals surface area contributed by atoms with E-state index >= 15 is 0 Å². The summed E-state index contributed by atoms with van der Waals surface area (Å²) < 4.78 is 4.64. The van der Waals surface area contributed by atoms with Crippen LogP contribution in [0.25, 0.3) is 0 Å². The van der Waals surface area contributed by atoms with Crippen LogP contribution in [0.4, 0.5) is 0 Å². The third-order valence-corrected chi connectivity index (χ3v) is 3.52. The van der Waals surface area contributed by atoms with Crippen LogP contribution in [0.15, 0.2) is 24.3 Å². The third kappa shape index (κ3) is 3.81. The highest BCUT2D eigenvalue weighted by atomic mass is 16.5. The number of esters is 1. The van der Waals surface area contributed by atoms with E-state index in [4.69, 9.17) is 0 Å². The van der Waals surface area contributed by atoms with Gasteiger partial charge in [-0.3, -0.25) is 4.79 Å². The second-order valence-corrected chi connectivity index (χ2v) is 4.92. The minimum absolute atomic E-state index is 0.108. The van der Waals surface area contributed by atoms with Crippen molar-refractivity contribution in [3.05, 3.63) is 35.4 Å². The standard InChI is InChI=1S/C15H20N2O3/c1-20-15(19)12-4-2-11(3-5-12)6-9-17-14(18)13-7-8-16-10-13/h2-5,13,16H,6-10H2,1H3,(H,17,18). The van der Waals surface area contributed by atoms with E-state index in [1.807, 2.05) is 12.1 Å². The van der Waals surface area contributed by atoms with Crippen molar-refractivity contribution in [1.29, 1.82) is 0 Å². The van der Waals surface area contributed by atoms with E-state index in [1.165, 1.54) is 7.11 Å². The lowest BCUT2D eigenvalue weighted by atomic mass is 10.1. The van der Waals surface area contributed by atoms with Crippen LogP contribution < -0.4 is 10.6 Å². The van der Waals surface area contributed by atoms with Gasteiger partial charge in [0.05, 0.1) is 18.6 Å². The van der Waals surface area contributed by atoms with E-state index in [9.17, 15) is 9.59 Å². The van der Waals surface area contributed by atoms with E-state index < -0.39 is 0 Å². The average Bonchev–Trinajstić information content (AvgIpc) is 3.01. The number of rotatable bonds is 5. The number of benzene rings is 1. The number of methoxy groups -OCH3 is 1. The van der Waals surface area contributed by atoms with Gasteiger partial charge in [0.2, 0.25) is 5.91 Å². The normalized spacial score (nSPS) is 17.8. The largest absolute Gasteiger partial charge is 0.465 e. The van der Waals surface area contributed by atoms with Gasteiger partial charge >= 0.3 is 5.97 Å². The molecule has 5 nitrogen and oxygen atoms in total. The Morgan fingerprint density at radius 1 is 1.35 bits per heavy atom. The van der Waals surface area contributed by atoms with Crippen molar-refractivity contribution in [3.63, 3.8) is 0 Å². The van der Waals surface area contributed by atoms with Gasteiger partial charge < -0.3 is 15.4 Å². The van der Waals surface area contributed by atoms with E-state index in [0.29, 0.717) is 12.1 Å². The van der Waals surface area contributed by atoms with E-state index in [-0.39, 0.29) is 17.8 Å². The maximum atomic E-state index is 11.8. The predicted molar refractivity (Wildman–Crippen MR) is 75.5 cm³/mol. The molecule has 1 atom stereocenters. The highest BCUT2D eigenvalue weighted by molar-refractivity contribution is 5.89. The zero-order valence-electron chi connectivity index (χ0n) is 11.6. The highest BCUT2D eigenvalue weighted by Crippen LogP contribution is 2.08. The fraction of sp³-hybridized carbons (Fsp3) is 0.467. The lowest BCUT2D eigenvalue weighted by Crippen LogP contribution is -2.33. The Labute approximate surface area is 118 Å². The fourth-order valence-corrected chi connectivity index (χ4v) is 2.28.